The van der Waals surface area contributed by atoms with E-state index in [1.54, 1.807) is 28.7 Å². The van der Waals surface area contributed by atoms with E-state index < -0.39 is 0 Å². The quantitative estimate of drug-likeness (QED) is 0.359. The van der Waals surface area contributed by atoms with Gasteiger partial charge in [-0.3, -0.25) is 9.89 Å². The van der Waals surface area contributed by atoms with Crippen LogP contribution in [0.3, 0.4) is 0 Å². The fourth-order valence-corrected chi connectivity index (χ4v) is 2.74. The van der Waals surface area contributed by atoms with E-state index in [2.05, 4.69) is 25.7 Å². The molecule has 27 heavy (non-hydrogen) atoms. The Bertz CT molecular complexity index is 1050. The molecule has 0 fully saturated rings. The van der Waals surface area contributed by atoms with Crippen molar-refractivity contribution in [1.82, 2.24) is 34.9 Å². The van der Waals surface area contributed by atoms with Gasteiger partial charge in [0, 0.05) is 25.4 Å². The average molecular weight is 367 g/mol. The number of aromatic amines is 1. The summed E-state index contributed by atoms with van der Waals surface area (Å²) in [6.07, 6.45) is 4.62. The number of amides is 1. The summed E-state index contributed by atoms with van der Waals surface area (Å²) in [6, 6.07) is 9.15. The standard InChI is InChI=1S/C17H17N7O3/c1-26-12-5-2-3-6-13(12)27-17-15(23-10-4-8-19-23)16-21-20-14(24(16)22-17)7-9-18-11-25/h2-6,8,10-11,22H,7,9H2,1H3,(H,18,25). The Morgan fingerprint density at radius 2 is 2.07 bits per heavy atom. The van der Waals surface area contributed by atoms with Gasteiger partial charge in [0.1, 0.15) is 0 Å². The van der Waals surface area contributed by atoms with Crippen LogP contribution in [-0.4, -0.2) is 49.7 Å². The predicted octanol–water partition coefficient (Wildman–Crippen LogP) is 1.33. The Hall–Kier alpha value is -3.82. The maximum atomic E-state index is 10.5. The van der Waals surface area contributed by atoms with Crippen LogP contribution in [0.1, 0.15) is 5.82 Å². The second-order valence-corrected chi connectivity index (χ2v) is 5.59. The zero-order valence-electron chi connectivity index (χ0n) is 14.5. The summed E-state index contributed by atoms with van der Waals surface area (Å²) in [7, 11) is 1.58. The van der Waals surface area contributed by atoms with Crippen LogP contribution in [0, 0.1) is 0 Å². The molecule has 3 heterocycles. The number of para-hydroxylation sites is 2. The molecule has 1 aromatic carbocycles. The minimum atomic E-state index is 0.442. The predicted molar refractivity (Wildman–Crippen MR) is 95.3 cm³/mol. The minimum absolute atomic E-state index is 0.442. The molecule has 0 spiro atoms. The van der Waals surface area contributed by atoms with E-state index in [-0.39, 0.29) is 0 Å². The van der Waals surface area contributed by atoms with Crippen LogP contribution in [0.25, 0.3) is 11.3 Å². The molecule has 3 aromatic heterocycles. The molecular weight excluding hydrogens is 350 g/mol. The summed E-state index contributed by atoms with van der Waals surface area (Å²) in [4.78, 5) is 10.5. The summed E-state index contributed by atoms with van der Waals surface area (Å²) >= 11 is 0. The zero-order chi connectivity index (χ0) is 18.6. The topological polar surface area (TPSA) is 111 Å². The van der Waals surface area contributed by atoms with E-state index >= 15 is 0 Å². The second-order valence-electron chi connectivity index (χ2n) is 5.59. The van der Waals surface area contributed by atoms with Crippen molar-refractivity contribution in [2.75, 3.05) is 13.7 Å². The highest BCUT2D eigenvalue weighted by atomic mass is 16.5. The normalized spacial score (nSPS) is 10.9. The smallest absolute Gasteiger partial charge is 0.242 e. The van der Waals surface area contributed by atoms with Gasteiger partial charge in [0.15, 0.2) is 23.0 Å². The lowest BCUT2D eigenvalue weighted by Gasteiger charge is -2.09. The third-order valence-corrected chi connectivity index (χ3v) is 3.96. The molecule has 138 valence electrons. The number of nitrogens with one attached hydrogen (secondary N) is 2. The lowest BCUT2D eigenvalue weighted by atomic mass is 10.3. The van der Waals surface area contributed by atoms with Gasteiger partial charge in [-0.1, -0.05) is 12.1 Å². The largest absolute Gasteiger partial charge is 0.493 e. The number of ether oxygens (including phenoxy) is 2. The number of hydrogen-bond acceptors (Lipinski definition) is 6. The lowest BCUT2D eigenvalue weighted by molar-refractivity contribution is -0.109. The van der Waals surface area contributed by atoms with Crippen LogP contribution in [0.2, 0.25) is 0 Å². The molecule has 0 unspecified atom stereocenters. The number of H-pyrrole nitrogens is 1. The molecule has 0 atom stereocenters. The van der Waals surface area contributed by atoms with E-state index in [0.717, 1.165) is 0 Å². The van der Waals surface area contributed by atoms with E-state index in [1.807, 2.05) is 30.3 Å². The third kappa shape index (κ3) is 3.08. The molecule has 10 heteroatoms. The Morgan fingerprint density at radius 3 is 2.81 bits per heavy atom. The number of nitrogens with zero attached hydrogens (tertiary/aromatic N) is 5. The van der Waals surface area contributed by atoms with Gasteiger partial charge in [-0.2, -0.15) is 5.10 Å². The number of fused-ring (bicyclic) bond motifs is 1. The molecule has 0 aliphatic rings. The van der Waals surface area contributed by atoms with Crippen molar-refractivity contribution >= 4 is 12.1 Å². The fourth-order valence-electron chi connectivity index (χ4n) is 2.74. The number of carbonyl (C=O) groups excluding carboxylic acids is 1. The van der Waals surface area contributed by atoms with Crippen LogP contribution < -0.4 is 14.8 Å². The molecule has 0 radical (unpaired) electrons. The Labute approximate surface area is 153 Å². The molecule has 0 saturated heterocycles. The summed E-state index contributed by atoms with van der Waals surface area (Å²) in [5, 5.41) is 18.5. The first-order chi connectivity index (χ1) is 13.3. The van der Waals surface area contributed by atoms with Crippen molar-refractivity contribution in [1.29, 1.82) is 0 Å². The van der Waals surface area contributed by atoms with Crippen LogP contribution in [0.15, 0.2) is 42.7 Å². The van der Waals surface area contributed by atoms with E-state index in [1.165, 1.54) is 0 Å². The Morgan fingerprint density at radius 1 is 1.22 bits per heavy atom. The molecule has 2 N–H and O–H groups in total. The maximum absolute atomic E-state index is 10.5. The molecule has 4 rings (SSSR count). The summed E-state index contributed by atoms with van der Waals surface area (Å²) in [5.74, 6) is 2.25. The van der Waals surface area contributed by atoms with Gasteiger partial charge in [0.2, 0.25) is 17.9 Å². The number of benzene rings is 1. The molecule has 1 amide bonds. The molecule has 4 aromatic rings. The molecular formula is C17H17N7O3. The molecule has 0 bridgehead atoms. The van der Waals surface area contributed by atoms with Gasteiger partial charge >= 0.3 is 0 Å². The third-order valence-electron chi connectivity index (χ3n) is 3.96. The zero-order valence-corrected chi connectivity index (χ0v) is 14.5. The van der Waals surface area contributed by atoms with Crippen molar-refractivity contribution < 1.29 is 14.3 Å². The van der Waals surface area contributed by atoms with Crippen LogP contribution in [0.5, 0.6) is 17.4 Å². The van der Waals surface area contributed by atoms with Gasteiger partial charge < -0.3 is 14.8 Å². The van der Waals surface area contributed by atoms with Crippen LogP contribution in [0.4, 0.5) is 0 Å². The fraction of sp³-hybridized carbons (Fsp3) is 0.176. The van der Waals surface area contributed by atoms with Gasteiger partial charge in [-0.05, 0) is 18.2 Å². The van der Waals surface area contributed by atoms with E-state index in [4.69, 9.17) is 9.47 Å². The second kappa shape index (κ2) is 7.20. The van der Waals surface area contributed by atoms with Gasteiger partial charge in [-0.15, -0.1) is 10.2 Å². The van der Waals surface area contributed by atoms with Crippen molar-refractivity contribution in [3.63, 3.8) is 0 Å². The SMILES string of the molecule is COc1ccccc1Oc1[nH]n2c(CCNC=O)nnc2c1-n1cccn1. The maximum Gasteiger partial charge on any atom is 0.242 e. The van der Waals surface area contributed by atoms with E-state index in [9.17, 15) is 4.79 Å². The molecule has 10 nitrogen and oxygen atoms in total. The number of hydrogen-bond donors (Lipinski definition) is 2. The van der Waals surface area contributed by atoms with Gasteiger partial charge in [-0.25, -0.2) is 9.20 Å². The molecule has 0 aliphatic heterocycles. The highest BCUT2D eigenvalue weighted by Crippen LogP contribution is 2.34. The first-order valence-electron chi connectivity index (χ1n) is 8.25. The van der Waals surface area contributed by atoms with Gasteiger partial charge in [0.25, 0.3) is 0 Å². The molecule has 0 saturated carbocycles. The highest BCUT2D eigenvalue weighted by Gasteiger charge is 2.21. The summed E-state index contributed by atoms with van der Waals surface area (Å²) < 4.78 is 14.8. The monoisotopic (exact) mass is 367 g/mol. The average Bonchev–Trinajstić information content (AvgIpc) is 3.40. The number of rotatable bonds is 8. The van der Waals surface area contributed by atoms with Gasteiger partial charge in [0.05, 0.1) is 7.11 Å². The number of methoxy groups -OCH3 is 1. The Kier molecular flexibility index (Phi) is 4.44. The first kappa shape index (κ1) is 16.6. The lowest BCUT2D eigenvalue weighted by Crippen LogP contribution is -2.15. The molecule has 0 aliphatic carbocycles. The summed E-state index contributed by atoms with van der Waals surface area (Å²) in [6.45, 7) is 0.448. The van der Waals surface area contributed by atoms with E-state index in [0.29, 0.717) is 53.9 Å². The minimum Gasteiger partial charge on any atom is -0.493 e. The Balaban J connectivity index is 1.78. The van der Waals surface area contributed by atoms with Crippen molar-refractivity contribution in [2.45, 2.75) is 6.42 Å². The summed E-state index contributed by atoms with van der Waals surface area (Å²) in [5.41, 5.74) is 1.18. The van der Waals surface area contributed by atoms with Crippen LogP contribution in [-0.2, 0) is 11.2 Å². The van der Waals surface area contributed by atoms with Crippen molar-refractivity contribution in [2.24, 2.45) is 0 Å². The highest BCUT2D eigenvalue weighted by molar-refractivity contribution is 5.65. The van der Waals surface area contributed by atoms with Crippen molar-refractivity contribution in [3.05, 3.63) is 48.5 Å². The van der Waals surface area contributed by atoms with Crippen LogP contribution >= 0.6 is 0 Å². The number of carbonyl (C=O) groups is 1. The van der Waals surface area contributed by atoms with Crippen molar-refractivity contribution in [3.8, 4) is 23.1 Å². The number of aromatic nitrogens is 6. The first-order valence-corrected chi connectivity index (χ1v) is 8.25.